The van der Waals surface area contributed by atoms with Crippen molar-refractivity contribution >= 4 is 17.5 Å². The van der Waals surface area contributed by atoms with E-state index in [0.717, 1.165) is 44.2 Å². The summed E-state index contributed by atoms with van der Waals surface area (Å²) in [6.45, 7) is 8.82. The minimum atomic E-state index is 0.311. The lowest BCUT2D eigenvalue weighted by molar-refractivity contribution is -0.133. The maximum atomic E-state index is 12.1. The van der Waals surface area contributed by atoms with Crippen molar-refractivity contribution in [3.8, 4) is 0 Å². The van der Waals surface area contributed by atoms with E-state index in [1.54, 1.807) is 0 Å². The van der Waals surface area contributed by atoms with Gasteiger partial charge < -0.3 is 4.90 Å². The van der Waals surface area contributed by atoms with Gasteiger partial charge in [-0.05, 0) is 30.0 Å². The Morgan fingerprint density at radius 1 is 1.24 bits per heavy atom. The Hall–Kier alpha value is -1.06. The molecule has 1 aliphatic heterocycles. The molecule has 3 nitrogen and oxygen atoms in total. The van der Waals surface area contributed by atoms with Crippen LogP contribution in [-0.4, -0.2) is 41.9 Å². The number of nitrogens with zero attached hydrogens (tertiary/aromatic N) is 2. The number of piperazine rings is 1. The monoisotopic (exact) mass is 308 g/mol. The summed E-state index contributed by atoms with van der Waals surface area (Å²) in [6, 6.07) is 8.01. The molecule has 0 atom stereocenters. The van der Waals surface area contributed by atoms with Gasteiger partial charge in [0.1, 0.15) is 0 Å². The van der Waals surface area contributed by atoms with E-state index in [4.69, 9.17) is 11.6 Å². The number of amides is 1. The first-order chi connectivity index (χ1) is 10.0. The van der Waals surface area contributed by atoms with Gasteiger partial charge >= 0.3 is 0 Å². The highest BCUT2D eigenvalue weighted by atomic mass is 35.5. The number of rotatable bonds is 5. The van der Waals surface area contributed by atoms with Crippen molar-refractivity contribution in [3.05, 3.63) is 34.9 Å². The lowest BCUT2D eigenvalue weighted by Gasteiger charge is -2.35. The van der Waals surface area contributed by atoms with Crippen LogP contribution in [0.2, 0.25) is 5.02 Å². The van der Waals surface area contributed by atoms with Crippen LogP contribution < -0.4 is 0 Å². The van der Waals surface area contributed by atoms with Crippen LogP contribution >= 0.6 is 11.6 Å². The Balaban J connectivity index is 1.76. The van der Waals surface area contributed by atoms with Crippen LogP contribution in [0.15, 0.2) is 24.3 Å². The zero-order valence-electron chi connectivity index (χ0n) is 13.0. The Morgan fingerprint density at radius 3 is 2.57 bits per heavy atom. The van der Waals surface area contributed by atoms with Gasteiger partial charge in [-0.25, -0.2) is 0 Å². The summed E-state index contributed by atoms with van der Waals surface area (Å²) in [5.74, 6) is 0.907. The molecule has 1 heterocycles. The van der Waals surface area contributed by atoms with Gasteiger partial charge in [-0.3, -0.25) is 9.69 Å². The molecule has 1 aromatic carbocycles. The van der Waals surface area contributed by atoms with E-state index in [2.05, 4.69) is 24.8 Å². The summed E-state index contributed by atoms with van der Waals surface area (Å²) >= 11 is 6.02. The van der Waals surface area contributed by atoms with Crippen LogP contribution in [0.1, 0.15) is 32.3 Å². The van der Waals surface area contributed by atoms with Crippen molar-refractivity contribution in [3.63, 3.8) is 0 Å². The third-order valence-corrected chi connectivity index (χ3v) is 4.19. The molecule has 1 saturated heterocycles. The molecule has 0 bridgehead atoms. The second-order valence-electron chi connectivity index (χ2n) is 6.22. The van der Waals surface area contributed by atoms with Gasteiger partial charge in [0.2, 0.25) is 5.91 Å². The maximum absolute atomic E-state index is 12.1. The smallest absolute Gasteiger partial charge is 0.222 e. The molecule has 0 aliphatic carbocycles. The van der Waals surface area contributed by atoms with E-state index in [1.165, 1.54) is 5.56 Å². The van der Waals surface area contributed by atoms with E-state index in [-0.39, 0.29) is 0 Å². The Morgan fingerprint density at radius 2 is 1.95 bits per heavy atom. The first-order valence-electron chi connectivity index (χ1n) is 7.79. The summed E-state index contributed by atoms with van der Waals surface area (Å²) in [7, 11) is 0. The first kappa shape index (κ1) is 16.3. The van der Waals surface area contributed by atoms with Gasteiger partial charge in [-0.2, -0.15) is 0 Å². The molecule has 0 N–H and O–H groups in total. The summed E-state index contributed by atoms with van der Waals surface area (Å²) in [4.78, 5) is 16.5. The first-order valence-corrected chi connectivity index (χ1v) is 8.17. The Bertz CT molecular complexity index is 468. The molecule has 0 radical (unpaired) electrons. The van der Waals surface area contributed by atoms with Gasteiger partial charge in [0.15, 0.2) is 0 Å². The van der Waals surface area contributed by atoms with Crippen LogP contribution in [0.3, 0.4) is 0 Å². The minimum absolute atomic E-state index is 0.311. The van der Waals surface area contributed by atoms with Crippen LogP contribution in [0.25, 0.3) is 0 Å². The van der Waals surface area contributed by atoms with Gasteiger partial charge in [0.25, 0.3) is 0 Å². The van der Waals surface area contributed by atoms with Gasteiger partial charge in [-0.15, -0.1) is 0 Å². The molecule has 2 rings (SSSR count). The van der Waals surface area contributed by atoms with E-state index >= 15 is 0 Å². The van der Waals surface area contributed by atoms with E-state index in [9.17, 15) is 4.79 Å². The highest BCUT2D eigenvalue weighted by Gasteiger charge is 2.20. The van der Waals surface area contributed by atoms with Gasteiger partial charge in [-0.1, -0.05) is 37.6 Å². The van der Waals surface area contributed by atoms with Crippen LogP contribution in [-0.2, 0) is 11.3 Å². The third-order valence-electron chi connectivity index (χ3n) is 3.96. The van der Waals surface area contributed by atoms with Crippen LogP contribution in [0.5, 0.6) is 0 Å². The predicted octanol–water partition coefficient (Wildman–Crippen LogP) is 3.42. The SMILES string of the molecule is CC(C)CCC(=O)N1CCN(Cc2cccc(Cl)c2)CC1. The summed E-state index contributed by atoms with van der Waals surface area (Å²) in [5.41, 5.74) is 1.24. The molecule has 116 valence electrons. The number of carbonyl (C=O) groups excluding carboxylic acids is 1. The lowest BCUT2D eigenvalue weighted by atomic mass is 10.1. The van der Waals surface area contributed by atoms with Crippen molar-refractivity contribution in [1.29, 1.82) is 0 Å². The quantitative estimate of drug-likeness (QED) is 0.832. The number of hydrogen-bond donors (Lipinski definition) is 0. The number of hydrogen-bond acceptors (Lipinski definition) is 2. The summed E-state index contributed by atoms with van der Waals surface area (Å²) in [5, 5.41) is 0.787. The molecular weight excluding hydrogens is 284 g/mol. The molecule has 0 aromatic heterocycles. The van der Waals surface area contributed by atoms with Crippen molar-refractivity contribution in [1.82, 2.24) is 9.80 Å². The van der Waals surface area contributed by atoms with E-state index in [1.807, 2.05) is 23.1 Å². The fraction of sp³-hybridized carbons (Fsp3) is 0.588. The highest BCUT2D eigenvalue weighted by Crippen LogP contribution is 2.15. The average molecular weight is 309 g/mol. The molecule has 1 amide bonds. The van der Waals surface area contributed by atoms with Crippen molar-refractivity contribution < 1.29 is 4.79 Å². The fourth-order valence-electron chi connectivity index (χ4n) is 2.62. The molecular formula is C17H25ClN2O. The molecule has 21 heavy (non-hydrogen) atoms. The molecule has 1 aliphatic rings. The average Bonchev–Trinajstić information content (AvgIpc) is 2.45. The third kappa shape index (κ3) is 5.33. The highest BCUT2D eigenvalue weighted by molar-refractivity contribution is 6.30. The second-order valence-corrected chi connectivity index (χ2v) is 6.66. The summed E-state index contributed by atoms with van der Waals surface area (Å²) < 4.78 is 0. The summed E-state index contributed by atoms with van der Waals surface area (Å²) in [6.07, 6.45) is 1.67. The second kappa shape index (κ2) is 7.81. The fourth-order valence-corrected chi connectivity index (χ4v) is 2.83. The zero-order chi connectivity index (χ0) is 15.2. The number of benzene rings is 1. The molecule has 1 aromatic rings. The van der Waals surface area contributed by atoms with Gasteiger partial charge in [0.05, 0.1) is 0 Å². The largest absolute Gasteiger partial charge is 0.340 e. The van der Waals surface area contributed by atoms with Gasteiger partial charge in [0, 0.05) is 44.2 Å². The molecule has 1 fully saturated rings. The Labute approximate surface area is 132 Å². The molecule has 4 heteroatoms. The van der Waals surface area contributed by atoms with Crippen LogP contribution in [0.4, 0.5) is 0 Å². The maximum Gasteiger partial charge on any atom is 0.222 e. The topological polar surface area (TPSA) is 23.6 Å². The van der Waals surface area contributed by atoms with E-state index in [0.29, 0.717) is 18.2 Å². The predicted molar refractivity (Wildman–Crippen MR) is 87.4 cm³/mol. The molecule has 0 spiro atoms. The van der Waals surface area contributed by atoms with Crippen molar-refractivity contribution in [2.45, 2.75) is 33.2 Å². The lowest BCUT2D eigenvalue weighted by Crippen LogP contribution is -2.48. The zero-order valence-corrected chi connectivity index (χ0v) is 13.8. The molecule has 0 saturated carbocycles. The number of carbonyl (C=O) groups is 1. The molecule has 0 unspecified atom stereocenters. The minimum Gasteiger partial charge on any atom is -0.340 e. The van der Waals surface area contributed by atoms with E-state index < -0.39 is 0 Å². The number of halogens is 1. The normalized spacial score (nSPS) is 16.5. The standard InChI is InChI=1S/C17H25ClN2O/c1-14(2)6-7-17(21)20-10-8-19(9-11-20)13-15-4-3-5-16(18)12-15/h3-5,12,14H,6-11,13H2,1-2H3. The Kier molecular flexibility index (Phi) is 6.07. The van der Waals surface area contributed by atoms with Crippen molar-refractivity contribution in [2.75, 3.05) is 26.2 Å². The van der Waals surface area contributed by atoms with Crippen LogP contribution in [0, 0.1) is 5.92 Å². The van der Waals surface area contributed by atoms with Crippen molar-refractivity contribution in [2.24, 2.45) is 5.92 Å².